The minimum absolute atomic E-state index is 0.0309. The lowest BCUT2D eigenvalue weighted by atomic mass is 10.1. The molecule has 0 radical (unpaired) electrons. The van der Waals surface area contributed by atoms with Gasteiger partial charge in [0.15, 0.2) is 0 Å². The summed E-state index contributed by atoms with van der Waals surface area (Å²) in [5.74, 6) is 0.784. The predicted octanol–water partition coefficient (Wildman–Crippen LogP) is 4.03. The van der Waals surface area contributed by atoms with Gasteiger partial charge in [-0.25, -0.2) is 0 Å². The van der Waals surface area contributed by atoms with Crippen molar-refractivity contribution in [3.8, 4) is 5.75 Å². The number of benzene rings is 2. The van der Waals surface area contributed by atoms with Crippen LogP contribution in [0.3, 0.4) is 0 Å². The molecule has 172 valence electrons. The van der Waals surface area contributed by atoms with Gasteiger partial charge in [0.25, 0.3) is 5.91 Å². The van der Waals surface area contributed by atoms with E-state index in [1.54, 1.807) is 12.4 Å². The molecule has 6 nitrogen and oxygen atoms in total. The molecule has 0 aliphatic carbocycles. The maximum atomic E-state index is 13.4. The van der Waals surface area contributed by atoms with Crippen LogP contribution in [0.5, 0.6) is 5.75 Å². The highest BCUT2D eigenvalue weighted by molar-refractivity contribution is 5.94. The van der Waals surface area contributed by atoms with Crippen molar-refractivity contribution in [2.45, 2.75) is 19.6 Å². The molecule has 0 N–H and O–H groups in total. The van der Waals surface area contributed by atoms with Crippen LogP contribution in [0.1, 0.15) is 27.9 Å². The third kappa shape index (κ3) is 7.14. The Morgan fingerprint density at radius 1 is 0.939 bits per heavy atom. The number of carbonyl (C=O) groups excluding carboxylic acids is 1. The number of pyridine rings is 1. The van der Waals surface area contributed by atoms with Crippen LogP contribution < -0.4 is 4.74 Å². The van der Waals surface area contributed by atoms with E-state index in [0.29, 0.717) is 25.3 Å². The Bertz CT molecular complexity index is 975. The first-order valence-electron chi connectivity index (χ1n) is 11.5. The molecule has 1 aliphatic heterocycles. The van der Waals surface area contributed by atoms with E-state index in [-0.39, 0.29) is 5.91 Å². The van der Waals surface area contributed by atoms with Gasteiger partial charge in [-0.15, -0.1) is 0 Å². The van der Waals surface area contributed by atoms with E-state index in [1.165, 1.54) is 0 Å². The van der Waals surface area contributed by atoms with Crippen molar-refractivity contribution in [2.75, 3.05) is 39.4 Å². The lowest BCUT2D eigenvalue weighted by molar-refractivity contribution is 0.0355. The summed E-state index contributed by atoms with van der Waals surface area (Å²) in [5.41, 5.74) is 2.86. The molecule has 2 aromatic carbocycles. The number of nitrogens with zero attached hydrogens (tertiary/aromatic N) is 3. The average Bonchev–Trinajstić information content (AvgIpc) is 2.89. The van der Waals surface area contributed by atoms with Crippen molar-refractivity contribution < 1.29 is 14.3 Å². The number of aromatic nitrogens is 1. The summed E-state index contributed by atoms with van der Waals surface area (Å²) in [6.45, 7) is 6.24. The Morgan fingerprint density at radius 2 is 1.67 bits per heavy atom. The minimum Gasteiger partial charge on any atom is -0.489 e. The first-order valence-corrected chi connectivity index (χ1v) is 11.5. The Kier molecular flexibility index (Phi) is 8.44. The van der Waals surface area contributed by atoms with E-state index in [0.717, 1.165) is 56.1 Å². The van der Waals surface area contributed by atoms with Crippen LogP contribution >= 0.6 is 0 Å². The van der Waals surface area contributed by atoms with E-state index in [1.807, 2.05) is 71.6 Å². The van der Waals surface area contributed by atoms with Gasteiger partial charge in [0, 0.05) is 50.7 Å². The van der Waals surface area contributed by atoms with Crippen molar-refractivity contribution in [3.05, 3.63) is 95.8 Å². The third-order valence-corrected chi connectivity index (χ3v) is 5.77. The van der Waals surface area contributed by atoms with Gasteiger partial charge in [-0.3, -0.25) is 14.7 Å². The van der Waals surface area contributed by atoms with Crippen molar-refractivity contribution in [2.24, 2.45) is 0 Å². The molecule has 1 fully saturated rings. The van der Waals surface area contributed by atoms with Crippen molar-refractivity contribution in [1.82, 2.24) is 14.8 Å². The molecule has 1 aromatic heterocycles. The Morgan fingerprint density at radius 3 is 2.39 bits per heavy atom. The highest BCUT2D eigenvalue weighted by Crippen LogP contribution is 2.17. The highest BCUT2D eigenvalue weighted by Gasteiger charge is 2.17. The second kappa shape index (κ2) is 12.1. The van der Waals surface area contributed by atoms with Gasteiger partial charge in [0.05, 0.1) is 13.2 Å². The maximum absolute atomic E-state index is 13.4. The minimum atomic E-state index is 0.0309. The van der Waals surface area contributed by atoms with E-state index in [9.17, 15) is 4.79 Å². The van der Waals surface area contributed by atoms with Crippen LogP contribution in [-0.4, -0.2) is 60.1 Å². The van der Waals surface area contributed by atoms with Crippen molar-refractivity contribution in [1.29, 1.82) is 0 Å². The van der Waals surface area contributed by atoms with Crippen molar-refractivity contribution in [3.63, 3.8) is 0 Å². The van der Waals surface area contributed by atoms with Crippen molar-refractivity contribution >= 4 is 5.91 Å². The quantitative estimate of drug-likeness (QED) is 0.472. The average molecular weight is 446 g/mol. The summed E-state index contributed by atoms with van der Waals surface area (Å²) in [6, 6.07) is 21.4. The van der Waals surface area contributed by atoms with Crippen LogP contribution in [0.2, 0.25) is 0 Å². The van der Waals surface area contributed by atoms with Crippen LogP contribution in [0.4, 0.5) is 0 Å². The summed E-state index contributed by atoms with van der Waals surface area (Å²) >= 11 is 0. The molecule has 0 saturated carbocycles. The molecule has 3 aromatic rings. The molecule has 0 atom stereocenters. The summed E-state index contributed by atoms with van der Waals surface area (Å²) in [6.07, 6.45) is 4.46. The largest absolute Gasteiger partial charge is 0.489 e. The van der Waals surface area contributed by atoms with Gasteiger partial charge in [0.2, 0.25) is 0 Å². The number of amides is 1. The summed E-state index contributed by atoms with van der Waals surface area (Å²) in [7, 11) is 0. The van der Waals surface area contributed by atoms with Gasteiger partial charge in [-0.2, -0.15) is 0 Å². The number of hydrogen-bond acceptors (Lipinski definition) is 5. The Labute approximate surface area is 195 Å². The molecule has 1 saturated heterocycles. The van der Waals surface area contributed by atoms with Gasteiger partial charge in [-0.05, 0) is 53.9 Å². The zero-order valence-corrected chi connectivity index (χ0v) is 18.9. The predicted molar refractivity (Wildman–Crippen MR) is 128 cm³/mol. The van der Waals surface area contributed by atoms with E-state index in [4.69, 9.17) is 9.47 Å². The molecule has 0 bridgehead atoms. The lowest BCUT2D eigenvalue weighted by Gasteiger charge is -2.28. The zero-order chi connectivity index (χ0) is 22.7. The van der Waals surface area contributed by atoms with E-state index < -0.39 is 0 Å². The highest BCUT2D eigenvalue weighted by atomic mass is 16.5. The molecular formula is C27H31N3O3. The fourth-order valence-corrected chi connectivity index (χ4v) is 3.89. The van der Waals surface area contributed by atoms with E-state index in [2.05, 4.69) is 9.88 Å². The van der Waals surface area contributed by atoms with Gasteiger partial charge >= 0.3 is 0 Å². The number of rotatable bonds is 10. The topological polar surface area (TPSA) is 54.9 Å². The number of morpholine rings is 1. The molecule has 2 heterocycles. The summed E-state index contributed by atoms with van der Waals surface area (Å²) in [4.78, 5) is 21.8. The second-order valence-electron chi connectivity index (χ2n) is 8.19. The van der Waals surface area contributed by atoms with Gasteiger partial charge in [-0.1, -0.05) is 30.3 Å². The Balaban J connectivity index is 1.37. The molecule has 6 heteroatoms. The number of ether oxygens (including phenoxy) is 2. The van der Waals surface area contributed by atoms with Crippen LogP contribution in [0, 0.1) is 0 Å². The fourth-order valence-electron chi connectivity index (χ4n) is 3.89. The first kappa shape index (κ1) is 23.0. The van der Waals surface area contributed by atoms with Gasteiger partial charge in [0.1, 0.15) is 12.4 Å². The van der Waals surface area contributed by atoms with E-state index >= 15 is 0 Å². The molecule has 1 aliphatic rings. The smallest absolute Gasteiger partial charge is 0.254 e. The maximum Gasteiger partial charge on any atom is 0.254 e. The molecule has 33 heavy (non-hydrogen) atoms. The van der Waals surface area contributed by atoms with Crippen LogP contribution in [0.25, 0.3) is 0 Å². The first-order chi connectivity index (χ1) is 16.3. The fraction of sp³-hybridized carbons (Fsp3) is 0.333. The molecular weight excluding hydrogens is 414 g/mol. The normalized spacial score (nSPS) is 14.1. The molecule has 1 amide bonds. The standard InChI is InChI=1S/C27H31N3O3/c31-27(25-7-9-26(10-8-25)33-22-24-5-2-1-3-6-24)30(21-23-11-13-28-14-12-23)16-4-15-29-17-19-32-20-18-29/h1-3,5-14H,4,15-22H2. The summed E-state index contributed by atoms with van der Waals surface area (Å²) in [5, 5.41) is 0. The van der Waals surface area contributed by atoms with Gasteiger partial charge < -0.3 is 14.4 Å². The number of hydrogen-bond donors (Lipinski definition) is 0. The molecule has 0 spiro atoms. The SMILES string of the molecule is O=C(c1ccc(OCc2ccccc2)cc1)N(CCCN1CCOCC1)Cc1ccncc1. The zero-order valence-electron chi connectivity index (χ0n) is 18.9. The second-order valence-corrected chi connectivity index (χ2v) is 8.19. The lowest BCUT2D eigenvalue weighted by Crippen LogP contribution is -2.39. The third-order valence-electron chi connectivity index (χ3n) is 5.77. The molecule has 4 rings (SSSR count). The van der Waals surface area contributed by atoms with Crippen LogP contribution in [-0.2, 0) is 17.9 Å². The Hall–Kier alpha value is -3.22. The van der Waals surface area contributed by atoms with Crippen LogP contribution in [0.15, 0.2) is 79.1 Å². The molecule has 0 unspecified atom stereocenters. The monoisotopic (exact) mass is 445 g/mol. The number of carbonyl (C=O) groups is 1. The summed E-state index contributed by atoms with van der Waals surface area (Å²) < 4.78 is 11.3.